The lowest BCUT2D eigenvalue weighted by molar-refractivity contribution is 0.317. The van der Waals surface area contributed by atoms with Crippen LogP contribution in [0.5, 0.6) is 5.75 Å². The average molecular weight is 261 g/mol. The summed E-state index contributed by atoms with van der Waals surface area (Å²) in [6, 6.07) is 8.71. The van der Waals surface area contributed by atoms with E-state index in [0.717, 1.165) is 24.8 Å². The van der Waals surface area contributed by atoms with Crippen molar-refractivity contribution < 1.29 is 4.74 Å². The molecule has 1 aliphatic carbocycles. The molecule has 1 aliphatic rings. The molecule has 1 aromatic carbocycles. The molecule has 1 aromatic rings. The smallest absolute Gasteiger partial charge is 0.118 e. The van der Waals surface area contributed by atoms with E-state index in [9.17, 15) is 0 Å². The van der Waals surface area contributed by atoms with Gasteiger partial charge in [0.2, 0.25) is 0 Å². The van der Waals surface area contributed by atoms with Crippen molar-refractivity contribution in [2.75, 3.05) is 20.2 Å². The fraction of sp³-hybridized carbons (Fsp3) is 0.647. The highest BCUT2D eigenvalue weighted by atomic mass is 16.5. The molecule has 0 saturated heterocycles. The summed E-state index contributed by atoms with van der Waals surface area (Å²) in [4.78, 5) is 0. The summed E-state index contributed by atoms with van der Waals surface area (Å²) >= 11 is 0. The minimum absolute atomic E-state index is 0.321. The molecule has 2 heteroatoms. The summed E-state index contributed by atoms with van der Waals surface area (Å²) in [5.41, 5.74) is 1.79. The molecule has 2 atom stereocenters. The minimum atomic E-state index is 0.321. The lowest BCUT2D eigenvalue weighted by Crippen LogP contribution is -2.40. The second-order valence-electron chi connectivity index (χ2n) is 5.85. The first-order valence-electron chi connectivity index (χ1n) is 7.58. The maximum Gasteiger partial charge on any atom is 0.118 e. The quantitative estimate of drug-likeness (QED) is 0.787. The number of ether oxygens (including phenoxy) is 1. The monoisotopic (exact) mass is 261 g/mol. The summed E-state index contributed by atoms with van der Waals surface area (Å²) in [5.74, 6) is 1.70. The van der Waals surface area contributed by atoms with Gasteiger partial charge in [0.15, 0.2) is 0 Å². The first kappa shape index (κ1) is 14.4. The van der Waals surface area contributed by atoms with Crippen LogP contribution in [0.3, 0.4) is 0 Å². The Morgan fingerprint density at radius 3 is 2.58 bits per heavy atom. The Morgan fingerprint density at radius 2 is 2.05 bits per heavy atom. The number of nitrogens with one attached hydrogen (secondary N) is 1. The molecule has 1 fully saturated rings. The molecule has 0 heterocycles. The van der Waals surface area contributed by atoms with Crippen molar-refractivity contribution in [3.8, 4) is 5.75 Å². The molecule has 0 aromatic heterocycles. The zero-order valence-electron chi connectivity index (χ0n) is 12.5. The van der Waals surface area contributed by atoms with Crippen LogP contribution in [0.15, 0.2) is 24.3 Å². The second kappa shape index (κ2) is 6.42. The summed E-state index contributed by atoms with van der Waals surface area (Å²) < 4.78 is 5.27. The largest absolute Gasteiger partial charge is 0.497 e. The van der Waals surface area contributed by atoms with Gasteiger partial charge in [-0.1, -0.05) is 32.4 Å². The van der Waals surface area contributed by atoms with Crippen LogP contribution < -0.4 is 10.1 Å². The summed E-state index contributed by atoms with van der Waals surface area (Å²) in [7, 11) is 1.73. The fourth-order valence-corrected chi connectivity index (χ4v) is 3.45. The minimum Gasteiger partial charge on any atom is -0.497 e. The molecule has 0 amide bonds. The molecule has 2 nitrogen and oxygen atoms in total. The molecule has 1 N–H and O–H groups in total. The van der Waals surface area contributed by atoms with Crippen LogP contribution in [-0.2, 0) is 5.41 Å². The van der Waals surface area contributed by atoms with Crippen molar-refractivity contribution in [1.82, 2.24) is 5.32 Å². The summed E-state index contributed by atoms with van der Waals surface area (Å²) in [6.07, 6.45) is 5.20. The molecule has 0 bridgehead atoms. The maximum atomic E-state index is 5.27. The standard InChI is InChI=1S/C17H27NO/c1-4-12-18-13-17(11-5-6-14(17)2)15-7-9-16(19-3)10-8-15/h7-10,14,18H,4-6,11-13H2,1-3H3. The Hall–Kier alpha value is -1.02. The van der Waals surface area contributed by atoms with E-state index in [4.69, 9.17) is 4.74 Å². The summed E-state index contributed by atoms with van der Waals surface area (Å²) in [6.45, 7) is 6.86. The van der Waals surface area contributed by atoms with E-state index in [1.165, 1.54) is 31.2 Å². The highest BCUT2D eigenvalue weighted by molar-refractivity contribution is 5.34. The first-order valence-corrected chi connectivity index (χ1v) is 7.58. The Morgan fingerprint density at radius 1 is 1.32 bits per heavy atom. The lowest BCUT2D eigenvalue weighted by atomic mass is 9.73. The van der Waals surface area contributed by atoms with E-state index in [-0.39, 0.29) is 0 Å². The van der Waals surface area contributed by atoms with Gasteiger partial charge in [-0.15, -0.1) is 0 Å². The number of hydrogen-bond donors (Lipinski definition) is 1. The zero-order chi connectivity index (χ0) is 13.7. The molecule has 0 radical (unpaired) electrons. The Kier molecular flexibility index (Phi) is 4.87. The van der Waals surface area contributed by atoms with Crippen LogP contribution >= 0.6 is 0 Å². The van der Waals surface area contributed by atoms with Gasteiger partial charge in [0.05, 0.1) is 7.11 Å². The van der Waals surface area contributed by atoms with Gasteiger partial charge in [0.25, 0.3) is 0 Å². The molecular formula is C17H27NO. The normalized spacial score (nSPS) is 26.6. The third kappa shape index (κ3) is 2.94. The first-order chi connectivity index (χ1) is 9.23. The van der Waals surface area contributed by atoms with Crippen molar-refractivity contribution in [3.63, 3.8) is 0 Å². The van der Waals surface area contributed by atoms with E-state index in [2.05, 4.69) is 43.4 Å². The molecule has 0 spiro atoms. The number of hydrogen-bond acceptors (Lipinski definition) is 2. The Labute approximate surface area is 117 Å². The maximum absolute atomic E-state index is 5.27. The fourth-order valence-electron chi connectivity index (χ4n) is 3.45. The summed E-state index contributed by atoms with van der Waals surface area (Å²) in [5, 5.41) is 3.64. The molecular weight excluding hydrogens is 234 g/mol. The number of rotatable bonds is 6. The van der Waals surface area contributed by atoms with Gasteiger partial charge in [0, 0.05) is 12.0 Å². The van der Waals surface area contributed by atoms with Crippen LogP contribution in [0, 0.1) is 5.92 Å². The van der Waals surface area contributed by atoms with Crippen molar-refractivity contribution in [2.24, 2.45) is 5.92 Å². The third-order valence-corrected chi connectivity index (χ3v) is 4.74. The molecule has 106 valence electrons. The number of benzene rings is 1. The van der Waals surface area contributed by atoms with E-state index < -0.39 is 0 Å². The van der Waals surface area contributed by atoms with E-state index in [1.54, 1.807) is 7.11 Å². The Balaban J connectivity index is 2.20. The Bertz CT molecular complexity index is 387. The lowest BCUT2D eigenvalue weighted by Gasteiger charge is -2.35. The van der Waals surface area contributed by atoms with Gasteiger partial charge >= 0.3 is 0 Å². The van der Waals surface area contributed by atoms with Crippen molar-refractivity contribution in [1.29, 1.82) is 0 Å². The van der Waals surface area contributed by atoms with Crippen LogP contribution in [0.1, 0.15) is 45.1 Å². The molecule has 2 rings (SSSR count). The zero-order valence-corrected chi connectivity index (χ0v) is 12.5. The van der Waals surface area contributed by atoms with Crippen LogP contribution in [0.2, 0.25) is 0 Å². The van der Waals surface area contributed by atoms with Crippen molar-refractivity contribution >= 4 is 0 Å². The molecule has 19 heavy (non-hydrogen) atoms. The highest BCUT2D eigenvalue weighted by Crippen LogP contribution is 2.45. The second-order valence-corrected chi connectivity index (χ2v) is 5.85. The predicted molar refractivity (Wildman–Crippen MR) is 80.8 cm³/mol. The van der Waals surface area contributed by atoms with E-state index >= 15 is 0 Å². The molecule has 0 aliphatic heterocycles. The van der Waals surface area contributed by atoms with Crippen molar-refractivity contribution in [3.05, 3.63) is 29.8 Å². The van der Waals surface area contributed by atoms with Gasteiger partial charge in [-0.25, -0.2) is 0 Å². The SMILES string of the molecule is CCCNCC1(c2ccc(OC)cc2)CCCC1C. The highest BCUT2D eigenvalue weighted by Gasteiger charge is 2.41. The van der Waals surface area contributed by atoms with Crippen molar-refractivity contribution in [2.45, 2.75) is 44.9 Å². The molecule has 2 unspecified atom stereocenters. The topological polar surface area (TPSA) is 21.3 Å². The van der Waals surface area contributed by atoms with Gasteiger partial charge in [-0.05, 0) is 49.4 Å². The van der Waals surface area contributed by atoms with Gasteiger partial charge in [0.1, 0.15) is 5.75 Å². The van der Waals surface area contributed by atoms with Gasteiger partial charge < -0.3 is 10.1 Å². The van der Waals surface area contributed by atoms with E-state index in [0.29, 0.717) is 5.41 Å². The molecule has 1 saturated carbocycles. The van der Waals surface area contributed by atoms with E-state index in [1.807, 2.05) is 0 Å². The third-order valence-electron chi connectivity index (χ3n) is 4.74. The number of methoxy groups -OCH3 is 1. The predicted octanol–water partition coefficient (Wildman–Crippen LogP) is 3.75. The van der Waals surface area contributed by atoms with Crippen LogP contribution in [-0.4, -0.2) is 20.2 Å². The van der Waals surface area contributed by atoms with Crippen LogP contribution in [0.25, 0.3) is 0 Å². The average Bonchev–Trinajstić information content (AvgIpc) is 2.82. The van der Waals surface area contributed by atoms with Gasteiger partial charge in [-0.3, -0.25) is 0 Å². The van der Waals surface area contributed by atoms with Gasteiger partial charge in [-0.2, -0.15) is 0 Å². The van der Waals surface area contributed by atoms with Crippen LogP contribution in [0.4, 0.5) is 0 Å².